The highest BCUT2D eigenvalue weighted by molar-refractivity contribution is 7.15. The first kappa shape index (κ1) is 21.5. The van der Waals surface area contributed by atoms with E-state index in [0.29, 0.717) is 27.8 Å². The van der Waals surface area contributed by atoms with Crippen LogP contribution >= 0.6 is 11.3 Å². The van der Waals surface area contributed by atoms with Gasteiger partial charge in [0.25, 0.3) is 11.5 Å². The van der Waals surface area contributed by atoms with Crippen molar-refractivity contribution in [1.82, 2.24) is 19.2 Å². The molecule has 0 aliphatic heterocycles. The van der Waals surface area contributed by atoms with Gasteiger partial charge in [0.15, 0.2) is 4.96 Å². The maximum absolute atomic E-state index is 13.4. The fourth-order valence-corrected chi connectivity index (χ4v) is 4.10. The van der Waals surface area contributed by atoms with Gasteiger partial charge in [-0.1, -0.05) is 18.2 Å². The zero-order valence-electron chi connectivity index (χ0n) is 17.7. The molecule has 2 aromatic carbocycles. The van der Waals surface area contributed by atoms with Crippen LogP contribution in [-0.4, -0.2) is 31.7 Å². The molecule has 0 aliphatic rings. The highest BCUT2D eigenvalue weighted by atomic mass is 32.1. The van der Waals surface area contributed by atoms with E-state index in [-0.39, 0.29) is 30.2 Å². The van der Waals surface area contributed by atoms with Gasteiger partial charge in [-0.15, -0.1) is 11.3 Å². The summed E-state index contributed by atoms with van der Waals surface area (Å²) in [4.78, 5) is 30.5. The highest BCUT2D eigenvalue weighted by Crippen LogP contribution is 2.31. The molecule has 8 nitrogen and oxygen atoms in total. The van der Waals surface area contributed by atoms with Crippen LogP contribution in [0.25, 0.3) is 16.2 Å². The van der Waals surface area contributed by atoms with Crippen molar-refractivity contribution < 1.29 is 13.9 Å². The summed E-state index contributed by atoms with van der Waals surface area (Å²) in [6.07, 6.45) is 1.78. The minimum atomic E-state index is -0.505. The first-order valence-electron chi connectivity index (χ1n) is 10.4. The van der Waals surface area contributed by atoms with Gasteiger partial charge in [0, 0.05) is 23.2 Å². The van der Waals surface area contributed by atoms with Crippen molar-refractivity contribution in [2.24, 2.45) is 0 Å². The average molecular weight is 476 g/mol. The Balaban J connectivity index is 1.38. The molecule has 5 rings (SSSR count). The molecule has 0 saturated carbocycles. The molecule has 34 heavy (non-hydrogen) atoms. The fraction of sp³-hybridized carbons (Fsp3) is 0.0833. The number of fused-ring (bicyclic) bond motifs is 1. The molecule has 3 aromatic heterocycles. The largest absolute Gasteiger partial charge is 0.492 e. The number of amides is 1. The van der Waals surface area contributed by atoms with E-state index in [2.05, 4.69) is 15.4 Å². The summed E-state index contributed by atoms with van der Waals surface area (Å²) in [5, 5.41) is 8.89. The lowest BCUT2D eigenvalue weighted by Crippen LogP contribution is -2.28. The molecule has 0 fully saturated rings. The van der Waals surface area contributed by atoms with E-state index >= 15 is 0 Å². The summed E-state index contributed by atoms with van der Waals surface area (Å²) >= 11 is 1.41. The molecule has 3 heterocycles. The summed E-state index contributed by atoms with van der Waals surface area (Å²) in [5.41, 5.74) is 0.882. The van der Waals surface area contributed by atoms with E-state index in [0.717, 1.165) is 0 Å². The van der Waals surface area contributed by atoms with Gasteiger partial charge in [-0.25, -0.2) is 14.1 Å². The summed E-state index contributed by atoms with van der Waals surface area (Å²) in [6.45, 7) is 0.395. The number of carbonyl (C=O) groups excluding carboxylic acids is 1. The lowest BCUT2D eigenvalue weighted by Gasteiger charge is -2.10. The number of aromatic nitrogens is 4. The Labute approximate surface area is 196 Å². The normalized spacial score (nSPS) is 11.0. The number of benzene rings is 2. The third-order valence-electron chi connectivity index (χ3n) is 5.03. The van der Waals surface area contributed by atoms with E-state index in [1.165, 1.54) is 40.3 Å². The number of nitrogens with zero attached hydrogens (tertiary/aromatic N) is 4. The number of imidazole rings is 1. The molecule has 0 radical (unpaired) electrons. The van der Waals surface area contributed by atoms with Gasteiger partial charge in [0.2, 0.25) is 0 Å². The van der Waals surface area contributed by atoms with E-state index in [1.54, 1.807) is 22.7 Å². The average Bonchev–Trinajstić information content (AvgIpc) is 3.44. The number of halogens is 1. The monoisotopic (exact) mass is 475 g/mol. The van der Waals surface area contributed by atoms with E-state index < -0.39 is 5.91 Å². The third kappa shape index (κ3) is 4.44. The third-order valence-corrected chi connectivity index (χ3v) is 5.78. The molecule has 5 aromatic rings. The van der Waals surface area contributed by atoms with Crippen molar-refractivity contribution in [1.29, 1.82) is 0 Å². The van der Waals surface area contributed by atoms with Crippen molar-refractivity contribution in [2.75, 3.05) is 11.9 Å². The zero-order chi connectivity index (χ0) is 23.5. The first-order valence-corrected chi connectivity index (χ1v) is 11.3. The van der Waals surface area contributed by atoms with Crippen LogP contribution in [0, 0.1) is 5.82 Å². The number of nitrogens with one attached hydrogen (secondary N) is 1. The lowest BCUT2D eigenvalue weighted by molar-refractivity contribution is 0.101. The van der Waals surface area contributed by atoms with Crippen molar-refractivity contribution in [3.05, 3.63) is 100 Å². The van der Waals surface area contributed by atoms with Crippen LogP contribution in [0.2, 0.25) is 0 Å². The lowest BCUT2D eigenvalue weighted by atomic mass is 10.1. The molecule has 0 spiro atoms. The number of rotatable bonds is 7. The van der Waals surface area contributed by atoms with Gasteiger partial charge < -0.3 is 10.1 Å². The maximum Gasteiger partial charge on any atom is 0.277 e. The van der Waals surface area contributed by atoms with Crippen molar-refractivity contribution in [2.45, 2.75) is 6.54 Å². The quantitative estimate of drug-likeness (QED) is 0.383. The van der Waals surface area contributed by atoms with Crippen LogP contribution < -0.4 is 15.6 Å². The van der Waals surface area contributed by atoms with Crippen LogP contribution in [0.1, 0.15) is 10.5 Å². The molecule has 1 N–H and O–H groups in total. The molecule has 170 valence electrons. The van der Waals surface area contributed by atoms with Crippen LogP contribution in [-0.2, 0) is 6.54 Å². The number of thiazole rings is 1. The van der Waals surface area contributed by atoms with Crippen molar-refractivity contribution >= 4 is 28.0 Å². The maximum atomic E-state index is 13.4. The van der Waals surface area contributed by atoms with Crippen LogP contribution in [0.4, 0.5) is 10.2 Å². The summed E-state index contributed by atoms with van der Waals surface area (Å²) in [5.74, 6) is 0.241. The standard InChI is InChI=1S/C24H18FN5O3S/c25-17-8-6-16(7-9-17)21-22(29-13-15-34-24(29)26-21)27-23(32)19-10-11-20(31)30(28-19)12-14-33-18-4-2-1-3-5-18/h1-11,13,15H,12,14H2,(H,27,32). The van der Waals surface area contributed by atoms with Gasteiger partial charge >= 0.3 is 0 Å². The number of ether oxygens (including phenoxy) is 1. The Morgan fingerprint density at radius 2 is 1.85 bits per heavy atom. The van der Waals surface area contributed by atoms with E-state index in [4.69, 9.17) is 4.74 Å². The second kappa shape index (κ2) is 9.28. The van der Waals surface area contributed by atoms with Gasteiger partial charge in [-0.3, -0.25) is 14.0 Å². The smallest absolute Gasteiger partial charge is 0.277 e. The Morgan fingerprint density at radius 1 is 1.06 bits per heavy atom. The number of anilines is 1. The predicted octanol–water partition coefficient (Wildman–Crippen LogP) is 4.09. The molecule has 0 aliphatic carbocycles. The second-order valence-electron chi connectivity index (χ2n) is 7.27. The van der Waals surface area contributed by atoms with Crippen LogP contribution in [0.3, 0.4) is 0 Å². The molecular formula is C24H18FN5O3S. The summed E-state index contributed by atoms with van der Waals surface area (Å²) < 4.78 is 22.0. The van der Waals surface area contributed by atoms with E-state index in [9.17, 15) is 14.0 Å². The first-order chi connectivity index (χ1) is 16.6. The molecule has 0 unspecified atom stereocenters. The van der Waals surface area contributed by atoms with Gasteiger partial charge in [0.05, 0.1) is 6.54 Å². The SMILES string of the molecule is O=C(Nc1c(-c2ccc(F)cc2)nc2sccn12)c1ccc(=O)n(CCOc2ccccc2)n1. The fourth-order valence-electron chi connectivity index (χ4n) is 3.38. The number of carbonyl (C=O) groups is 1. The van der Waals surface area contributed by atoms with Gasteiger partial charge in [-0.05, 0) is 42.5 Å². The predicted molar refractivity (Wildman–Crippen MR) is 127 cm³/mol. The summed E-state index contributed by atoms with van der Waals surface area (Å²) in [7, 11) is 0. The zero-order valence-corrected chi connectivity index (χ0v) is 18.5. The molecule has 0 saturated heterocycles. The Morgan fingerprint density at radius 3 is 2.65 bits per heavy atom. The van der Waals surface area contributed by atoms with Crippen molar-refractivity contribution in [3.63, 3.8) is 0 Å². The minimum absolute atomic E-state index is 0.0644. The molecule has 0 bridgehead atoms. The summed E-state index contributed by atoms with van der Waals surface area (Å²) in [6, 6.07) is 17.8. The number of para-hydroxylation sites is 1. The molecular weight excluding hydrogens is 457 g/mol. The number of hydrogen-bond donors (Lipinski definition) is 1. The Kier molecular flexibility index (Phi) is 5.88. The van der Waals surface area contributed by atoms with E-state index in [1.807, 2.05) is 35.7 Å². The highest BCUT2D eigenvalue weighted by Gasteiger charge is 2.19. The molecule has 10 heteroatoms. The Bertz CT molecular complexity index is 1510. The van der Waals surface area contributed by atoms with Crippen LogP contribution in [0.15, 0.2) is 83.1 Å². The molecule has 1 amide bonds. The van der Waals surface area contributed by atoms with Gasteiger partial charge in [-0.2, -0.15) is 5.10 Å². The van der Waals surface area contributed by atoms with Crippen LogP contribution in [0.5, 0.6) is 5.75 Å². The second-order valence-corrected chi connectivity index (χ2v) is 8.14. The minimum Gasteiger partial charge on any atom is -0.492 e. The van der Waals surface area contributed by atoms with Crippen molar-refractivity contribution in [3.8, 4) is 17.0 Å². The topological polar surface area (TPSA) is 90.5 Å². The Hall–Kier alpha value is -4.31. The number of hydrogen-bond acceptors (Lipinski definition) is 6. The molecule has 0 atom stereocenters. The van der Waals surface area contributed by atoms with Gasteiger partial charge in [0.1, 0.15) is 35.4 Å².